The molecule has 0 unspecified atom stereocenters. The van der Waals surface area contributed by atoms with Gasteiger partial charge in [0.05, 0.1) is 0 Å². The standard InChI is InChI=1S/C12H17BrN2O/c1-4-15(8-9(2)3)12(16)11-6-5-10(13)7-14-11/h5-7,9H,4,8H2,1-3H3. The van der Waals surface area contributed by atoms with E-state index in [0.717, 1.165) is 17.6 Å². The zero-order valence-corrected chi connectivity index (χ0v) is 11.5. The van der Waals surface area contributed by atoms with Crippen molar-refractivity contribution >= 4 is 21.8 Å². The fraction of sp³-hybridized carbons (Fsp3) is 0.500. The van der Waals surface area contributed by atoms with Crippen molar-refractivity contribution in [2.75, 3.05) is 13.1 Å². The number of aromatic nitrogens is 1. The van der Waals surface area contributed by atoms with E-state index in [0.29, 0.717) is 11.6 Å². The zero-order chi connectivity index (χ0) is 12.1. The molecule has 1 amide bonds. The van der Waals surface area contributed by atoms with E-state index in [-0.39, 0.29) is 5.91 Å². The minimum atomic E-state index is 0.00343. The van der Waals surface area contributed by atoms with E-state index >= 15 is 0 Å². The lowest BCUT2D eigenvalue weighted by Crippen LogP contribution is -2.34. The van der Waals surface area contributed by atoms with Crippen molar-refractivity contribution in [1.29, 1.82) is 0 Å². The van der Waals surface area contributed by atoms with E-state index < -0.39 is 0 Å². The Bertz CT molecular complexity index is 349. The van der Waals surface area contributed by atoms with Crippen LogP contribution in [0.1, 0.15) is 31.3 Å². The maximum atomic E-state index is 12.1. The maximum Gasteiger partial charge on any atom is 0.272 e. The Morgan fingerprint density at radius 2 is 2.19 bits per heavy atom. The van der Waals surface area contributed by atoms with Crippen molar-refractivity contribution in [2.24, 2.45) is 5.92 Å². The summed E-state index contributed by atoms with van der Waals surface area (Å²) in [5, 5.41) is 0. The lowest BCUT2D eigenvalue weighted by atomic mass is 10.2. The molecule has 0 saturated carbocycles. The molecule has 0 aliphatic carbocycles. The van der Waals surface area contributed by atoms with E-state index in [1.807, 2.05) is 17.9 Å². The molecule has 0 fully saturated rings. The fourth-order valence-electron chi connectivity index (χ4n) is 1.46. The van der Waals surface area contributed by atoms with E-state index in [1.165, 1.54) is 0 Å². The number of amides is 1. The van der Waals surface area contributed by atoms with Crippen LogP contribution in [0.15, 0.2) is 22.8 Å². The third kappa shape index (κ3) is 3.59. The average Bonchev–Trinajstić information content (AvgIpc) is 2.25. The van der Waals surface area contributed by atoms with Crippen molar-refractivity contribution < 1.29 is 4.79 Å². The fourth-order valence-corrected chi connectivity index (χ4v) is 1.70. The lowest BCUT2D eigenvalue weighted by Gasteiger charge is -2.22. The molecule has 0 atom stereocenters. The van der Waals surface area contributed by atoms with Gasteiger partial charge >= 0.3 is 0 Å². The van der Waals surface area contributed by atoms with E-state index in [9.17, 15) is 4.79 Å². The molecule has 0 N–H and O–H groups in total. The Morgan fingerprint density at radius 3 is 2.62 bits per heavy atom. The Labute approximate surface area is 105 Å². The first-order chi connectivity index (χ1) is 7.54. The predicted octanol–water partition coefficient (Wildman–Crippen LogP) is 2.96. The number of carbonyl (C=O) groups is 1. The monoisotopic (exact) mass is 284 g/mol. The van der Waals surface area contributed by atoms with Crippen molar-refractivity contribution in [3.8, 4) is 0 Å². The van der Waals surface area contributed by atoms with Crippen LogP contribution in [0.3, 0.4) is 0 Å². The van der Waals surface area contributed by atoms with Crippen LogP contribution in [0.4, 0.5) is 0 Å². The molecule has 1 heterocycles. The molecule has 0 aromatic carbocycles. The van der Waals surface area contributed by atoms with Gasteiger partial charge in [0.25, 0.3) is 5.91 Å². The van der Waals surface area contributed by atoms with E-state index in [2.05, 4.69) is 34.8 Å². The Hall–Kier alpha value is -0.900. The van der Waals surface area contributed by atoms with E-state index in [1.54, 1.807) is 12.3 Å². The zero-order valence-electron chi connectivity index (χ0n) is 9.90. The highest BCUT2D eigenvalue weighted by Crippen LogP contribution is 2.10. The van der Waals surface area contributed by atoms with Gasteiger partial charge in [0.1, 0.15) is 5.69 Å². The summed E-state index contributed by atoms with van der Waals surface area (Å²) in [6, 6.07) is 3.58. The smallest absolute Gasteiger partial charge is 0.272 e. The Morgan fingerprint density at radius 1 is 1.50 bits per heavy atom. The summed E-state index contributed by atoms with van der Waals surface area (Å²) in [5.41, 5.74) is 0.505. The van der Waals surface area contributed by atoms with Gasteiger partial charge in [0.15, 0.2) is 0 Å². The van der Waals surface area contributed by atoms with Crippen LogP contribution < -0.4 is 0 Å². The molecule has 0 saturated heterocycles. The van der Waals surface area contributed by atoms with Gasteiger partial charge in [-0.05, 0) is 40.9 Å². The number of nitrogens with zero attached hydrogens (tertiary/aromatic N) is 2. The lowest BCUT2D eigenvalue weighted by molar-refractivity contribution is 0.0740. The Kier molecular flexibility index (Phi) is 4.93. The van der Waals surface area contributed by atoms with Gasteiger partial charge in [-0.2, -0.15) is 0 Å². The maximum absolute atomic E-state index is 12.1. The molecular formula is C12H17BrN2O. The number of halogens is 1. The normalized spacial score (nSPS) is 10.6. The average molecular weight is 285 g/mol. The topological polar surface area (TPSA) is 33.2 Å². The van der Waals surface area contributed by atoms with Crippen LogP contribution in [0.5, 0.6) is 0 Å². The summed E-state index contributed by atoms with van der Waals surface area (Å²) < 4.78 is 0.885. The molecule has 88 valence electrons. The SMILES string of the molecule is CCN(CC(C)C)C(=O)c1ccc(Br)cn1. The number of hydrogen-bond donors (Lipinski definition) is 0. The summed E-state index contributed by atoms with van der Waals surface area (Å²) in [6.07, 6.45) is 1.65. The predicted molar refractivity (Wildman–Crippen MR) is 68.4 cm³/mol. The molecule has 1 rings (SSSR count). The molecule has 0 bridgehead atoms. The van der Waals surface area contributed by atoms with E-state index in [4.69, 9.17) is 0 Å². The third-order valence-corrected chi connectivity index (χ3v) is 2.67. The van der Waals surface area contributed by atoms with Crippen LogP contribution in [0.25, 0.3) is 0 Å². The molecule has 4 heteroatoms. The summed E-state index contributed by atoms with van der Waals surface area (Å²) in [7, 11) is 0. The molecule has 0 radical (unpaired) electrons. The summed E-state index contributed by atoms with van der Waals surface area (Å²) in [6.45, 7) is 7.68. The Balaban J connectivity index is 2.78. The van der Waals surface area contributed by atoms with Crippen LogP contribution in [-0.4, -0.2) is 28.9 Å². The second-order valence-electron chi connectivity index (χ2n) is 4.10. The van der Waals surface area contributed by atoms with Gasteiger partial charge < -0.3 is 4.90 Å². The first kappa shape index (κ1) is 13.2. The van der Waals surface area contributed by atoms with Crippen molar-refractivity contribution in [3.63, 3.8) is 0 Å². The number of carbonyl (C=O) groups excluding carboxylic acids is 1. The quantitative estimate of drug-likeness (QED) is 0.852. The van der Waals surface area contributed by atoms with Gasteiger partial charge in [-0.15, -0.1) is 0 Å². The van der Waals surface area contributed by atoms with Crippen molar-refractivity contribution in [1.82, 2.24) is 9.88 Å². The molecule has 0 spiro atoms. The first-order valence-electron chi connectivity index (χ1n) is 5.45. The molecule has 1 aromatic heterocycles. The minimum absolute atomic E-state index is 0.00343. The van der Waals surface area contributed by atoms with Gasteiger partial charge in [0, 0.05) is 23.8 Å². The molecule has 0 aliphatic rings. The highest BCUT2D eigenvalue weighted by atomic mass is 79.9. The molecular weight excluding hydrogens is 268 g/mol. The molecule has 16 heavy (non-hydrogen) atoms. The summed E-state index contributed by atoms with van der Waals surface area (Å²) in [5.74, 6) is 0.475. The minimum Gasteiger partial charge on any atom is -0.337 e. The number of rotatable bonds is 4. The summed E-state index contributed by atoms with van der Waals surface area (Å²) in [4.78, 5) is 18.0. The van der Waals surface area contributed by atoms with Crippen LogP contribution >= 0.6 is 15.9 Å². The number of pyridine rings is 1. The van der Waals surface area contributed by atoms with Crippen LogP contribution in [0.2, 0.25) is 0 Å². The van der Waals surface area contributed by atoms with Crippen molar-refractivity contribution in [3.05, 3.63) is 28.5 Å². The highest BCUT2D eigenvalue weighted by molar-refractivity contribution is 9.10. The number of hydrogen-bond acceptors (Lipinski definition) is 2. The molecule has 0 aliphatic heterocycles. The van der Waals surface area contributed by atoms with Gasteiger partial charge in [-0.1, -0.05) is 13.8 Å². The van der Waals surface area contributed by atoms with Gasteiger partial charge in [-0.3, -0.25) is 4.79 Å². The molecule has 1 aromatic rings. The largest absolute Gasteiger partial charge is 0.337 e. The highest BCUT2D eigenvalue weighted by Gasteiger charge is 2.15. The van der Waals surface area contributed by atoms with Gasteiger partial charge in [0.2, 0.25) is 0 Å². The van der Waals surface area contributed by atoms with Crippen LogP contribution in [-0.2, 0) is 0 Å². The molecule has 3 nitrogen and oxygen atoms in total. The van der Waals surface area contributed by atoms with Gasteiger partial charge in [-0.25, -0.2) is 4.98 Å². The van der Waals surface area contributed by atoms with Crippen LogP contribution in [0, 0.1) is 5.92 Å². The first-order valence-corrected chi connectivity index (χ1v) is 6.24. The second kappa shape index (κ2) is 5.99. The summed E-state index contributed by atoms with van der Waals surface area (Å²) >= 11 is 3.30. The van der Waals surface area contributed by atoms with Crippen molar-refractivity contribution in [2.45, 2.75) is 20.8 Å². The third-order valence-electron chi connectivity index (χ3n) is 2.20. The second-order valence-corrected chi connectivity index (χ2v) is 5.01.